The smallest absolute Gasteiger partial charge is 0.183 e. The molecular formula is C28H28FNO2. The first-order valence-corrected chi connectivity index (χ1v) is 11.2. The van der Waals surface area contributed by atoms with Gasteiger partial charge in [-0.1, -0.05) is 48.6 Å². The molecule has 3 aromatic rings. The van der Waals surface area contributed by atoms with Gasteiger partial charge in [0.25, 0.3) is 0 Å². The average molecular weight is 430 g/mol. The highest BCUT2D eigenvalue weighted by atomic mass is 19.1. The monoisotopic (exact) mass is 429 g/mol. The van der Waals surface area contributed by atoms with Gasteiger partial charge in [0.05, 0.1) is 24.8 Å². The van der Waals surface area contributed by atoms with Gasteiger partial charge in [-0.15, -0.1) is 0 Å². The number of hydrogen-bond acceptors (Lipinski definition) is 3. The largest absolute Gasteiger partial charge is 0.348 e. The van der Waals surface area contributed by atoms with E-state index in [1.807, 2.05) is 49.4 Å². The van der Waals surface area contributed by atoms with Crippen molar-refractivity contribution in [1.29, 1.82) is 5.26 Å². The van der Waals surface area contributed by atoms with Crippen molar-refractivity contribution >= 4 is 10.8 Å². The van der Waals surface area contributed by atoms with Gasteiger partial charge in [0, 0.05) is 16.9 Å². The lowest BCUT2D eigenvalue weighted by Crippen LogP contribution is -2.27. The number of halogens is 1. The minimum Gasteiger partial charge on any atom is -0.348 e. The third kappa shape index (κ3) is 5.24. The molecule has 0 bridgehead atoms. The second-order valence-corrected chi connectivity index (χ2v) is 8.34. The number of hydrogen-bond donors (Lipinski definition) is 0. The summed E-state index contributed by atoms with van der Waals surface area (Å²) in [6.45, 7) is 3.40. The van der Waals surface area contributed by atoms with E-state index in [2.05, 4.69) is 18.2 Å². The van der Waals surface area contributed by atoms with Crippen LogP contribution in [-0.2, 0) is 22.3 Å². The summed E-state index contributed by atoms with van der Waals surface area (Å²) in [6.07, 6.45) is 7.29. The SMILES string of the molecule is C/C=C/CCC1COC(c2ccc3c(F)c(CCc4ccc(C#N)cc4)ccc3c2)OC1. The molecular weight excluding hydrogens is 401 g/mol. The zero-order valence-corrected chi connectivity index (χ0v) is 18.4. The van der Waals surface area contributed by atoms with Crippen molar-refractivity contribution < 1.29 is 13.9 Å². The fourth-order valence-corrected chi connectivity index (χ4v) is 4.12. The van der Waals surface area contributed by atoms with Crippen LogP contribution in [0.25, 0.3) is 10.8 Å². The Balaban J connectivity index is 1.41. The number of nitriles is 1. The van der Waals surface area contributed by atoms with E-state index >= 15 is 4.39 Å². The third-order valence-electron chi connectivity index (χ3n) is 6.04. The summed E-state index contributed by atoms with van der Waals surface area (Å²) in [6, 6.07) is 19.1. The molecule has 0 radical (unpaired) electrons. The lowest BCUT2D eigenvalue weighted by molar-refractivity contribution is -0.205. The van der Waals surface area contributed by atoms with Crippen molar-refractivity contribution in [3.8, 4) is 6.07 Å². The number of ether oxygens (including phenoxy) is 2. The van der Waals surface area contributed by atoms with Crippen LogP contribution < -0.4 is 0 Å². The van der Waals surface area contributed by atoms with Crippen molar-refractivity contribution in [1.82, 2.24) is 0 Å². The molecule has 4 rings (SSSR count). The molecule has 0 spiro atoms. The molecule has 0 unspecified atom stereocenters. The molecule has 0 amide bonds. The van der Waals surface area contributed by atoms with E-state index in [-0.39, 0.29) is 5.82 Å². The Kier molecular flexibility index (Phi) is 7.32. The van der Waals surface area contributed by atoms with Gasteiger partial charge in [-0.3, -0.25) is 0 Å². The number of nitrogens with zero attached hydrogens (tertiary/aromatic N) is 1. The van der Waals surface area contributed by atoms with Crippen molar-refractivity contribution in [2.24, 2.45) is 5.92 Å². The van der Waals surface area contributed by atoms with Gasteiger partial charge in [0.1, 0.15) is 5.82 Å². The minimum atomic E-state index is -0.392. The van der Waals surface area contributed by atoms with Gasteiger partial charge in [-0.25, -0.2) is 4.39 Å². The number of aryl methyl sites for hydroxylation is 2. The van der Waals surface area contributed by atoms with Crippen molar-refractivity contribution in [2.45, 2.75) is 38.9 Å². The fourth-order valence-electron chi connectivity index (χ4n) is 4.12. The molecule has 0 N–H and O–H groups in total. The van der Waals surface area contributed by atoms with E-state index in [4.69, 9.17) is 14.7 Å². The average Bonchev–Trinajstić information content (AvgIpc) is 2.84. The lowest BCUT2D eigenvalue weighted by Gasteiger charge is -2.29. The minimum absolute atomic E-state index is 0.169. The highest BCUT2D eigenvalue weighted by molar-refractivity contribution is 5.84. The van der Waals surface area contributed by atoms with E-state index in [1.165, 1.54) is 0 Å². The third-order valence-corrected chi connectivity index (χ3v) is 6.04. The predicted molar refractivity (Wildman–Crippen MR) is 125 cm³/mol. The van der Waals surface area contributed by atoms with Crippen LogP contribution >= 0.6 is 0 Å². The Morgan fingerprint density at radius 3 is 2.53 bits per heavy atom. The van der Waals surface area contributed by atoms with Crippen LogP contribution in [-0.4, -0.2) is 13.2 Å². The fraction of sp³-hybridized carbons (Fsp3) is 0.321. The zero-order chi connectivity index (χ0) is 22.3. The molecule has 0 aromatic heterocycles. The molecule has 1 heterocycles. The van der Waals surface area contributed by atoms with Crippen LogP contribution in [0, 0.1) is 23.1 Å². The highest BCUT2D eigenvalue weighted by Crippen LogP contribution is 2.30. The summed E-state index contributed by atoms with van der Waals surface area (Å²) in [7, 11) is 0. The number of benzene rings is 3. The second-order valence-electron chi connectivity index (χ2n) is 8.34. The number of fused-ring (bicyclic) bond motifs is 1. The molecule has 0 atom stereocenters. The maximum absolute atomic E-state index is 15.2. The van der Waals surface area contributed by atoms with Crippen LogP contribution in [0.2, 0.25) is 0 Å². The van der Waals surface area contributed by atoms with Gasteiger partial charge < -0.3 is 9.47 Å². The van der Waals surface area contributed by atoms with Crippen molar-refractivity contribution in [3.05, 3.63) is 94.8 Å². The normalized spacial score (nSPS) is 18.8. The molecule has 1 fully saturated rings. The van der Waals surface area contributed by atoms with Crippen molar-refractivity contribution in [2.75, 3.05) is 13.2 Å². The molecule has 3 aromatic carbocycles. The molecule has 0 saturated carbocycles. The maximum Gasteiger partial charge on any atom is 0.183 e. The van der Waals surface area contributed by atoms with Crippen molar-refractivity contribution in [3.63, 3.8) is 0 Å². The summed E-state index contributed by atoms with van der Waals surface area (Å²) in [5.74, 6) is 0.247. The summed E-state index contributed by atoms with van der Waals surface area (Å²) < 4.78 is 27.1. The number of rotatable bonds is 7. The summed E-state index contributed by atoms with van der Waals surface area (Å²) in [5, 5.41) is 10.4. The van der Waals surface area contributed by atoms with Gasteiger partial charge in [-0.2, -0.15) is 5.26 Å². The number of allylic oxidation sites excluding steroid dienone is 2. The molecule has 1 saturated heterocycles. The quantitative estimate of drug-likeness (QED) is 0.395. The second kappa shape index (κ2) is 10.5. The molecule has 4 heteroatoms. The summed E-state index contributed by atoms with van der Waals surface area (Å²) in [4.78, 5) is 0. The zero-order valence-electron chi connectivity index (χ0n) is 18.4. The van der Waals surface area contributed by atoms with Crippen LogP contribution in [0.4, 0.5) is 4.39 Å². The van der Waals surface area contributed by atoms with E-state index in [0.29, 0.717) is 42.1 Å². The summed E-state index contributed by atoms with van der Waals surface area (Å²) in [5.41, 5.74) is 3.35. The Morgan fingerprint density at radius 1 is 1.03 bits per heavy atom. The van der Waals surface area contributed by atoms with Crippen LogP contribution in [0.3, 0.4) is 0 Å². The lowest BCUT2D eigenvalue weighted by atomic mass is 9.98. The first-order valence-electron chi connectivity index (χ1n) is 11.2. The first kappa shape index (κ1) is 22.2. The predicted octanol–water partition coefficient (Wildman–Crippen LogP) is 6.65. The van der Waals surface area contributed by atoms with E-state index in [0.717, 1.165) is 35.8 Å². The first-order chi connectivity index (χ1) is 15.7. The Bertz CT molecular complexity index is 1120. The molecule has 1 aliphatic heterocycles. The van der Waals surface area contributed by atoms with Crippen LogP contribution in [0.15, 0.2) is 66.7 Å². The summed E-state index contributed by atoms with van der Waals surface area (Å²) >= 11 is 0. The Morgan fingerprint density at radius 2 is 1.81 bits per heavy atom. The van der Waals surface area contributed by atoms with E-state index in [9.17, 15) is 0 Å². The van der Waals surface area contributed by atoms with Gasteiger partial charge >= 0.3 is 0 Å². The molecule has 1 aliphatic rings. The van der Waals surface area contributed by atoms with E-state index in [1.54, 1.807) is 12.1 Å². The molecule has 0 aliphatic carbocycles. The Labute approximate surface area is 189 Å². The standard InChI is InChI=1S/C28H28FNO2/c1-2-3-4-5-22-18-31-28(32-19-22)25-14-15-26-24(16-25)13-12-23(27(26)29)11-10-20-6-8-21(17-30)9-7-20/h2-3,6-9,12-16,22,28H,4-5,10-11,18-19H2,1H3/b3-2+. The van der Waals surface area contributed by atoms with Gasteiger partial charge in [0.15, 0.2) is 6.29 Å². The van der Waals surface area contributed by atoms with E-state index < -0.39 is 6.29 Å². The highest BCUT2D eigenvalue weighted by Gasteiger charge is 2.23. The Hall–Kier alpha value is -3.00. The van der Waals surface area contributed by atoms with Crippen LogP contribution in [0.5, 0.6) is 0 Å². The van der Waals surface area contributed by atoms with Gasteiger partial charge in [0.2, 0.25) is 0 Å². The van der Waals surface area contributed by atoms with Crippen LogP contribution in [0.1, 0.15) is 48.3 Å². The van der Waals surface area contributed by atoms with Gasteiger partial charge in [-0.05, 0) is 67.3 Å². The maximum atomic E-state index is 15.2. The molecule has 3 nitrogen and oxygen atoms in total. The molecule has 32 heavy (non-hydrogen) atoms. The molecule has 164 valence electrons. The topological polar surface area (TPSA) is 42.2 Å².